The normalized spacial score (nSPS) is 12.5. The molecule has 0 bridgehead atoms. The minimum Gasteiger partial charge on any atom is -0.494 e. The van der Waals surface area contributed by atoms with Gasteiger partial charge in [-0.25, -0.2) is 12.7 Å². The highest BCUT2D eigenvalue weighted by atomic mass is 35.5. The lowest BCUT2D eigenvalue weighted by molar-refractivity contribution is 0.391. The van der Waals surface area contributed by atoms with E-state index in [-0.39, 0.29) is 30.3 Å². The number of aromatic nitrogens is 4. The van der Waals surface area contributed by atoms with E-state index in [1.807, 2.05) is 0 Å². The minimum absolute atomic E-state index is 0.0109. The Labute approximate surface area is 251 Å². The summed E-state index contributed by atoms with van der Waals surface area (Å²) in [5, 5.41) is 17.7. The molecule has 1 aromatic carbocycles. The van der Waals surface area contributed by atoms with Crippen LogP contribution < -0.4 is 13.8 Å². The maximum Gasteiger partial charge on any atom is 0.246 e. The van der Waals surface area contributed by atoms with Gasteiger partial charge in [0, 0.05) is 27.2 Å². The van der Waals surface area contributed by atoms with Gasteiger partial charge in [0.1, 0.15) is 23.3 Å². The Bertz CT molecular complexity index is 1670. The quantitative estimate of drug-likeness (QED) is 0.184. The highest BCUT2D eigenvalue weighted by Crippen LogP contribution is 2.39. The molecule has 0 saturated heterocycles. The average Bonchev–Trinajstić information content (AvgIpc) is 3.63. The number of rotatable bonds is 12. The van der Waals surface area contributed by atoms with Crippen LogP contribution in [0, 0.1) is 11.3 Å². The fourth-order valence-corrected chi connectivity index (χ4v) is 7.07. The molecule has 0 aliphatic rings. The molecule has 3 aromatic heterocycles. The predicted molar refractivity (Wildman–Crippen MR) is 164 cm³/mol. The molecule has 0 unspecified atom stereocenters. The lowest BCUT2D eigenvalue weighted by atomic mass is 10.1. The first-order chi connectivity index (χ1) is 19.9. The summed E-state index contributed by atoms with van der Waals surface area (Å²) in [6, 6.07) is 12.9. The molecular formula is C28H33ClN6O5SSi. The lowest BCUT2D eigenvalue weighted by Crippen LogP contribution is -2.42. The number of sulfonamides is 1. The fourth-order valence-electron chi connectivity index (χ4n) is 4.36. The Morgan fingerprint density at radius 1 is 1.14 bits per heavy atom. The number of halogens is 1. The summed E-state index contributed by atoms with van der Waals surface area (Å²) >= 11 is 6.02. The van der Waals surface area contributed by atoms with Crippen LogP contribution in [0.15, 0.2) is 53.3 Å². The molecule has 0 spiro atoms. The van der Waals surface area contributed by atoms with Crippen LogP contribution in [0.3, 0.4) is 0 Å². The van der Waals surface area contributed by atoms with Crippen molar-refractivity contribution in [1.82, 2.24) is 19.7 Å². The molecule has 42 heavy (non-hydrogen) atoms. The molecule has 0 aliphatic carbocycles. The van der Waals surface area contributed by atoms with Crippen molar-refractivity contribution in [1.29, 1.82) is 5.26 Å². The number of anilines is 1. The topological polar surface area (TPSA) is 136 Å². The number of ether oxygens (including phenoxy) is 2. The molecule has 3 heterocycles. The second kappa shape index (κ2) is 12.6. The maximum absolute atomic E-state index is 14.4. The van der Waals surface area contributed by atoms with E-state index in [1.54, 1.807) is 41.8 Å². The van der Waals surface area contributed by atoms with Crippen LogP contribution in [0.4, 0.5) is 5.95 Å². The molecule has 0 fully saturated rings. The van der Waals surface area contributed by atoms with E-state index in [0.717, 1.165) is 0 Å². The van der Waals surface area contributed by atoms with Gasteiger partial charge in [0.05, 0.1) is 42.0 Å². The largest absolute Gasteiger partial charge is 0.494 e. The van der Waals surface area contributed by atoms with E-state index in [2.05, 4.69) is 40.9 Å². The Morgan fingerprint density at radius 2 is 1.83 bits per heavy atom. The Balaban J connectivity index is 1.93. The Hall–Kier alpha value is -3.86. The third-order valence-electron chi connectivity index (χ3n) is 6.65. The minimum atomic E-state index is -4.10. The number of hydrogen-bond acceptors (Lipinski definition) is 9. The number of pyridine rings is 1. The van der Waals surface area contributed by atoms with Crippen molar-refractivity contribution in [3.05, 3.63) is 65.1 Å². The van der Waals surface area contributed by atoms with Crippen molar-refractivity contribution in [2.45, 2.75) is 44.3 Å². The van der Waals surface area contributed by atoms with Crippen LogP contribution in [-0.2, 0) is 16.4 Å². The summed E-state index contributed by atoms with van der Waals surface area (Å²) < 4.78 is 48.8. The van der Waals surface area contributed by atoms with Gasteiger partial charge in [0.2, 0.25) is 21.8 Å². The number of furan rings is 1. The van der Waals surface area contributed by atoms with Crippen molar-refractivity contribution in [2.24, 2.45) is 0 Å². The van der Waals surface area contributed by atoms with E-state index in [1.165, 1.54) is 37.1 Å². The van der Waals surface area contributed by atoms with Gasteiger partial charge in [0.25, 0.3) is 0 Å². The first kappa shape index (κ1) is 31.1. The summed E-state index contributed by atoms with van der Waals surface area (Å²) in [5.74, 6) is 1.54. The van der Waals surface area contributed by atoms with Crippen LogP contribution in [0.1, 0.15) is 18.2 Å². The molecule has 14 heteroatoms. The standard InChI is InChI=1S/C28H33ClN6O5SSi/c1-19(15-22-20(17-30)16-21(29)18-31-22)41(36,37)34(12-14-42(4,5)6)28-33-32-27(25-11-8-13-40-25)35(28)26-23(38-2)9-7-10-24(26)39-3/h7-11,13,16,18-19H,12,14-15H2,1-6H3/t19-/m1/s1. The van der Waals surface area contributed by atoms with Crippen molar-refractivity contribution in [3.8, 4) is 34.8 Å². The molecule has 0 radical (unpaired) electrons. The van der Waals surface area contributed by atoms with Gasteiger partial charge in [-0.2, -0.15) is 5.26 Å². The van der Waals surface area contributed by atoms with Crippen molar-refractivity contribution in [3.63, 3.8) is 0 Å². The second-order valence-electron chi connectivity index (χ2n) is 10.8. The SMILES string of the molecule is COc1cccc(OC)c1-n1c(-c2ccco2)nnc1N(CC[Si](C)(C)C)S(=O)(=O)[C@H](C)Cc1ncc(Cl)cc1C#N. The molecule has 4 rings (SSSR count). The number of hydrogen-bond donors (Lipinski definition) is 0. The summed E-state index contributed by atoms with van der Waals surface area (Å²) in [6.07, 6.45) is 2.89. The highest BCUT2D eigenvalue weighted by molar-refractivity contribution is 7.93. The molecule has 0 aliphatic heterocycles. The first-order valence-corrected chi connectivity index (χ1v) is 18.8. The van der Waals surface area contributed by atoms with Gasteiger partial charge in [-0.1, -0.05) is 37.3 Å². The predicted octanol–water partition coefficient (Wildman–Crippen LogP) is 5.57. The van der Waals surface area contributed by atoms with Crippen LogP contribution in [-0.4, -0.2) is 62.3 Å². The summed E-state index contributed by atoms with van der Waals surface area (Å²) in [4.78, 5) is 4.26. The zero-order chi connectivity index (χ0) is 30.7. The lowest BCUT2D eigenvalue weighted by Gasteiger charge is -2.29. The van der Waals surface area contributed by atoms with Crippen LogP contribution in [0.5, 0.6) is 11.5 Å². The third-order valence-corrected chi connectivity index (χ3v) is 10.7. The maximum atomic E-state index is 14.4. The molecule has 1 atom stereocenters. The number of methoxy groups -OCH3 is 2. The van der Waals surface area contributed by atoms with Crippen LogP contribution in [0.25, 0.3) is 17.3 Å². The number of nitriles is 1. The summed E-state index contributed by atoms with van der Waals surface area (Å²) in [7, 11) is -2.81. The molecule has 0 amide bonds. The molecule has 0 N–H and O–H groups in total. The number of nitrogens with zero attached hydrogens (tertiary/aromatic N) is 6. The van der Waals surface area contributed by atoms with Crippen LogP contribution in [0.2, 0.25) is 30.7 Å². The van der Waals surface area contributed by atoms with E-state index in [4.69, 9.17) is 25.5 Å². The molecule has 11 nitrogen and oxygen atoms in total. The van der Waals surface area contributed by atoms with E-state index < -0.39 is 23.3 Å². The Kier molecular flexibility index (Phi) is 9.30. The van der Waals surface area contributed by atoms with Gasteiger partial charge in [-0.05, 0) is 43.3 Å². The zero-order valence-corrected chi connectivity index (χ0v) is 26.9. The second-order valence-corrected chi connectivity index (χ2v) is 19.2. The Morgan fingerprint density at radius 3 is 2.40 bits per heavy atom. The average molecular weight is 629 g/mol. The monoisotopic (exact) mass is 628 g/mol. The molecule has 0 saturated carbocycles. The smallest absolute Gasteiger partial charge is 0.246 e. The third kappa shape index (κ3) is 6.45. The zero-order valence-electron chi connectivity index (χ0n) is 24.3. The van der Waals surface area contributed by atoms with Gasteiger partial charge in [-0.15, -0.1) is 10.2 Å². The van der Waals surface area contributed by atoms with E-state index >= 15 is 0 Å². The summed E-state index contributed by atoms with van der Waals surface area (Å²) in [5.41, 5.74) is 0.980. The van der Waals surface area contributed by atoms with Gasteiger partial charge in [-0.3, -0.25) is 9.55 Å². The van der Waals surface area contributed by atoms with Crippen molar-refractivity contribution >= 4 is 35.6 Å². The van der Waals surface area contributed by atoms with E-state index in [0.29, 0.717) is 39.7 Å². The fraction of sp³-hybridized carbons (Fsp3) is 0.357. The van der Waals surface area contributed by atoms with Crippen molar-refractivity contribution in [2.75, 3.05) is 25.1 Å². The number of para-hydroxylation sites is 1. The highest BCUT2D eigenvalue weighted by Gasteiger charge is 2.37. The van der Waals surface area contributed by atoms with Gasteiger partial charge < -0.3 is 13.9 Å². The van der Waals surface area contributed by atoms with Crippen molar-refractivity contribution < 1.29 is 22.3 Å². The molecule has 4 aromatic rings. The number of benzene rings is 1. The molecular weight excluding hydrogens is 596 g/mol. The summed E-state index contributed by atoms with van der Waals surface area (Å²) in [6.45, 7) is 8.25. The first-order valence-electron chi connectivity index (χ1n) is 13.2. The van der Waals surface area contributed by atoms with Crippen LogP contribution >= 0.6 is 11.6 Å². The van der Waals surface area contributed by atoms with Gasteiger partial charge >= 0.3 is 0 Å². The molecule has 222 valence electrons. The van der Waals surface area contributed by atoms with Gasteiger partial charge in [0.15, 0.2) is 5.76 Å². The van der Waals surface area contributed by atoms with E-state index in [9.17, 15) is 13.7 Å².